The predicted octanol–water partition coefficient (Wildman–Crippen LogP) is 1.14. The highest BCUT2D eigenvalue weighted by Gasteiger charge is 2.09. The van der Waals surface area contributed by atoms with E-state index < -0.39 is 0 Å². The highest BCUT2D eigenvalue weighted by atomic mass is 19.1. The van der Waals surface area contributed by atoms with Gasteiger partial charge in [0.05, 0.1) is 0 Å². The Morgan fingerprint density at radius 1 is 1.57 bits per heavy atom. The number of rotatable bonds is 4. The zero-order valence-corrected chi connectivity index (χ0v) is 8.13. The molecule has 0 aliphatic carbocycles. The van der Waals surface area contributed by atoms with Crippen LogP contribution in [-0.2, 0) is 0 Å². The number of aromatic hydroxyl groups is 1. The molecule has 0 saturated heterocycles. The first-order valence-corrected chi connectivity index (χ1v) is 4.57. The van der Waals surface area contributed by atoms with E-state index in [-0.39, 0.29) is 17.6 Å². The van der Waals surface area contributed by atoms with Crippen LogP contribution in [-0.4, -0.2) is 18.2 Å². The van der Waals surface area contributed by atoms with E-state index in [4.69, 9.17) is 5.73 Å². The number of hydrogen-bond donors (Lipinski definition) is 3. The van der Waals surface area contributed by atoms with Gasteiger partial charge in [0, 0.05) is 24.7 Å². The summed E-state index contributed by atoms with van der Waals surface area (Å²) in [6.45, 7) is 3.00. The Labute approximate surface area is 82.7 Å². The van der Waals surface area contributed by atoms with Gasteiger partial charge in [-0.25, -0.2) is 4.39 Å². The zero-order chi connectivity index (χ0) is 10.6. The lowest BCUT2D eigenvalue weighted by atomic mass is 10.1. The maximum atomic E-state index is 12.9. The number of nitrogens with two attached hydrogens (primary N) is 1. The Hall–Kier alpha value is -1.13. The smallest absolute Gasteiger partial charge is 0.123 e. The van der Waals surface area contributed by atoms with Gasteiger partial charge in [-0.05, 0) is 25.1 Å². The van der Waals surface area contributed by atoms with Gasteiger partial charge in [-0.1, -0.05) is 0 Å². The largest absolute Gasteiger partial charge is 0.508 e. The average Bonchev–Trinajstić information content (AvgIpc) is 2.18. The molecule has 0 aliphatic heterocycles. The van der Waals surface area contributed by atoms with Crippen molar-refractivity contribution in [3.8, 4) is 5.75 Å². The van der Waals surface area contributed by atoms with Crippen LogP contribution in [0.15, 0.2) is 18.2 Å². The predicted molar refractivity (Wildman–Crippen MR) is 53.5 cm³/mol. The quantitative estimate of drug-likeness (QED) is 0.680. The molecule has 4 heteroatoms. The molecule has 1 aromatic rings. The summed E-state index contributed by atoms with van der Waals surface area (Å²) in [6, 6.07) is 3.80. The minimum Gasteiger partial charge on any atom is -0.508 e. The lowest BCUT2D eigenvalue weighted by Crippen LogP contribution is -2.25. The summed E-state index contributed by atoms with van der Waals surface area (Å²) in [4.78, 5) is 0. The van der Waals surface area contributed by atoms with Crippen molar-refractivity contribution in [1.82, 2.24) is 5.32 Å². The monoisotopic (exact) mass is 198 g/mol. The van der Waals surface area contributed by atoms with Crippen molar-refractivity contribution in [2.45, 2.75) is 13.0 Å². The minimum absolute atomic E-state index is 0.100. The second kappa shape index (κ2) is 4.93. The molecule has 1 unspecified atom stereocenters. The van der Waals surface area contributed by atoms with E-state index in [1.54, 1.807) is 0 Å². The molecule has 0 spiro atoms. The molecule has 14 heavy (non-hydrogen) atoms. The zero-order valence-electron chi connectivity index (χ0n) is 8.13. The second-order valence-electron chi connectivity index (χ2n) is 3.17. The summed E-state index contributed by atoms with van der Waals surface area (Å²) in [7, 11) is 0. The molecule has 0 radical (unpaired) electrons. The molecule has 0 bridgehead atoms. The van der Waals surface area contributed by atoms with Gasteiger partial charge in [0.1, 0.15) is 11.6 Å². The molecule has 78 valence electrons. The van der Waals surface area contributed by atoms with Crippen molar-refractivity contribution in [2.24, 2.45) is 5.73 Å². The number of phenolic OH excluding ortho intramolecular Hbond substituents is 1. The lowest BCUT2D eigenvalue weighted by molar-refractivity contribution is 0.450. The second-order valence-corrected chi connectivity index (χ2v) is 3.17. The maximum absolute atomic E-state index is 12.9. The Morgan fingerprint density at radius 2 is 2.29 bits per heavy atom. The third-order valence-electron chi connectivity index (χ3n) is 2.05. The maximum Gasteiger partial charge on any atom is 0.123 e. The van der Waals surface area contributed by atoms with Crippen molar-refractivity contribution < 1.29 is 9.50 Å². The molecule has 0 amide bonds. The van der Waals surface area contributed by atoms with Crippen LogP contribution in [0.1, 0.15) is 18.5 Å². The van der Waals surface area contributed by atoms with Crippen LogP contribution in [0, 0.1) is 5.82 Å². The Kier molecular flexibility index (Phi) is 3.85. The first kappa shape index (κ1) is 10.9. The standard InChI is InChI=1S/C10H15FN2O/c1-7(13-5-4-12)9-6-8(11)2-3-10(9)14/h2-3,6-7,13-14H,4-5,12H2,1H3. The Morgan fingerprint density at radius 3 is 2.93 bits per heavy atom. The van der Waals surface area contributed by atoms with Crippen molar-refractivity contribution in [3.63, 3.8) is 0 Å². The van der Waals surface area contributed by atoms with Gasteiger partial charge < -0.3 is 16.2 Å². The van der Waals surface area contributed by atoms with Crippen LogP contribution in [0.4, 0.5) is 4.39 Å². The molecule has 0 saturated carbocycles. The third kappa shape index (κ3) is 2.68. The van der Waals surface area contributed by atoms with Gasteiger partial charge in [0.15, 0.2) is 0 Å². The fourth-order valence-corrected chi connectivity index (χ4v) is 1.28. The molecule has 3 nitrogen and oxygen atoms in total. The van der Waals surface area contributed by atoms with E-state index in [2.05, 4.69) is 5.32 Å². The Bertz CT molecular complexity index is 304. The third-order valence-corrected chi connectivity index (χ3v) is 2.05. The van der Waals surface area contributed by atoms with Gasteiger partial charge in [-0.15, -0.1) is 0 Å². The van der Waals surface area contributed by atoms with Crippen molar-refractivity contribution >= 4 is 0 Å². The summed E-state index contributed by atoms with van der Waals surface area (Å²) in [5.41, 5.74) is 5.88. The van der Waals surface area contributed by atoms with Gasteiger partial charge in [-0.2, -0.15) is 0 Å². The number of phenols is 1. The van der Waals surface area contributed by atoms with Crippen LogP contribution in [0.5, 0.6) is 5.75 Å². The summed E-state index contributed by atoms with van der Waals surface area (Å²) in [5, 5.41) is 12.5. The molecule has 1 rings (SSSR count). The van der Waals surface area contributed by atoms with Crippen LogP contribution < -0.4 is 11.1 Å². The molecule has 0 aliphatic rings. The molecule has 1 atom stereocenters. The molecular weight excluding hydrogens is 183 g/mol. The van der Waals surface area contributed by atoms with Gasteiger partial charge in [0.2, 0.25) is 0 Å². The first-order chi connectivity index (χ1) is 6.65. The van der Waals surface area contributed by atoms with Gasteiger partial charge in [-0.3, -0.25) is 0 Å². The van der Waals surface area contributed by atoms with Gasteiger partial charge >= 0.3 is 0 Å². The highest BCUT2D eigenvalue weighted by Crippen LogP contribution is 2.24. The normalized spacial score (nSPS) is 12.8. The first-order valence-electron chi connectivity index (χ1n) is 4.57. The van der Waals surface area contributed by atoms with Crippen molar-refractivity contribution in [2.75, 3.05) is 13.1 Å². The highest BCUT2D eigenvalue weighted by molar-refractivity contribution is 5.34. The summed E-state index contributed by atoms with van der Waals surface area (Å²) in [5.74, 6) is -0.248. The minimum atomic E-state index is -0.348. The van der Waals surface area contributed by atoms with E-state index >= 15 is 0 Å². The summed E-state index contributed by atoms with van der Waals surface area (Å²) in [6.07, 6.45) is 0. The number of halogens is 1. The van der Waals surface area contributed by atoms with Crippen LogP contribution >= 0.6 is 0 Å². The van der Waals surface area contributed by atoms with Crippen LogP contribution in [0.3, 0.4) is 0 Å². The van der Waals surface area contributed by atoms with Crippen LogP contribution in [0.2, 0.25) is 0 Å². The number of nitrogens with one attached hydrogen (secondary N) is 1. The average molecular weight is 198 g/mol. The number of hydrogen-bond acceptors (Lipinski definition) is 3. The van der Waals surface area contributed by atoms with E-state index in [0.29, 0.717) is 18.7 Å². The molecular formula is C10H15FN2O. The topological polar surface area (TPSA) is 58.3 Å². The SMILES string of the molecule is CC(NCCN)c1cc(F)ccc1O. The fraction of sp³-hybridized carbons (Fsp3) is 0.400. The summed E-state index contributed by atoms with van der Waals surface area (Å²) >= 11 is 0. The molecule has 0 aromatic heterocycles. The lowest BCUT2D eigenvalue weighted by Gasteiger charge is -2.14. The fourth-order valence-electron chi connectivity index (χ4n) is 1.28. The van der Waals surface area contributed by atoms with E-state index in [9.17, 15) is 9.50 Å². The van der Waals surface area contributed by atoms with Crippen molar-refractivity contribution in [3.05, 3.63) is 29.6 Å². The molecule has 4 N–H and O–H groups in total. The van der Waals surface area contributed by atoms with Crippen LogP contribution in [0.25, 0.3) is 0 Å². The molecule has 1 aromatic carbocycles. The molecule has 0 heterocycles. The number of benzene rings is 1. The summed E-state index contributed by atoms with van der Waals surface area (Å²) < 4.78 is 12.9. The van der Waals surface area contributed by atoms with Crippen molar-refractivity contribution in [1.29, 1.82) is 0 Å². The van der Waals surface area contributed by atoms with Gasteiger partial charge in [0.25, 0.3) is 0 Å². The van der Waals surface area contributed by atoms with E-state index in [0.717, 1.165) is 0 Å². The molecule has 0 fully saturated rings. The van der Waals surface area contributed by atoms with E-state index in [1.807, 2.05) is 6.92 Å². The van der Waals surface area contributed by atoms with E-state index in [1.165, 1.54) is 18.2 Å². The Balaban J connectivity index is 2.77.